The number of rotatable bonds is 4. The van der Waals surface area contributed by atoms with Crippen molar-refractivity contribution >= 4 is 35.5 Å². The molecule has 0 atom stereocenters. The van der Waals surface area contributed by atoms with Crippen LogP contribution in [-0.4, -0.2) is 57.3 Å². The Kier molecular flexibility index (Phi) is 10.7. The summed E-state index contributed by atoms with van der Waals surface area (Å²) >= 11 is 5.75. The minimum Gasteiger partial charge on any atom is -0.399 e. The predicted molar refractivity (Wildman–Crippen MR) is 198 cm³/mol. The van der Waals surface area contributed by atoms with E-state index in [1.54, 1.807) is 80.3 Å². The van der Waals surface area contributed by atoms with Crippen molar-refractivity contribution in [2.75, 3.05) is 0 Å². The van der Waals surface area contributed by atoms with E-state index in [4.69, 9.17) is 20.9 Å². The van der Waals surface area contributed by atoms with E-state index in [-0.39, 0.29) is 22.8 Å². The summed E-state index contributed by atoms with van der Waals surface area (Å²) in [5.74, 6) is -0.599. The van der Waals surface area contributed by atoms with Gasteiger partial charge >= 0.3 is 7.12 Å². The SMILES string of the molecule is CC(C)(O)c1cncc(B2OC(C)(C)C(C)(C)O2)c1.Cc1c(-c2cncc(C(C)(C)O)c2)nc2ccc(F)cn12.Cc1c(Cl)nc2ccc(F)cn12. The van der Waals surface area contributed by atoms with Crippen molar-refractivity contribution in [2.45, 2.75) is 91.6 Å². The number of hydrogen-bond acceptors (Lipinski definition) is 8. The second kappa shape index (κ2) is 14.3. The highest BCUT2D eigenvalue weighted by Gasteiger charge is 2.52. The standard InChI is InChI=1S/C16H16FN3O.C14H22BNO3.C8H6ClFN2/c1-10-15(19-14-5-4-13(17)9-20(10)14)11-6-12(8-18-7-11)16(2,3)21;1-12(2,17)10-7-11(9-16-8-10)15-18-13(3,4)14(5,6)19-15;1-5-8(9)11-7-3-2-6(10)4-12(5)7/h4-9,21H,1-3H3;7-9,17H,1-6H3;2-4H,1H3. The van der Waals surface area contributed by atoms with Crippen molar-refractivity contribution < 1.29 is 28.3 Å². The summed E-state index contributed by atoms with van der Waals surface area (Å²) < 4.78 is 41.4. The van der Waals surface area contributed by atoms with Gasteiger partial charge in [0.05, 0.1) is 33.8 Å². The van der Waals surface area contributed by atoms with E-state index in [9.17, 15) is 19.0 Å². The van der Waals surface area contributed by atoms with Gasteiger partial charge in [-0.25, -0.2) is 18.7 Å². The van der Waals surface area contributed by atoms with E-state index >= 15 is 0 Å². The van der Waals surface area contributed by atoms with Gasteiger partial charge in [-0.3, -0.25) is 14.4 Å². The molecule has 52 heavy (non-hydrogen) atoms. The Hall–Kier alpha value is -4.27. The van der Waals surface area contributed by atoms with Gasteiger partial charge in [0.1, 0.15) is 22.9 Å². The van der Waals surface area contributed by atoms with Gasteiger partial charge in [-0.1, -0.05) is 17.7 Å². The number of imidazole rings is 2. The first-order valence-electron chi connectivity index (χ1n) is 16.7. The third-order valence-electron chi connectivity index (χ3n) is 9.29. The molecule has 1 aliphatic rings. The summed E-state index contributed by atoms with van der Waals surface area (Å²) in [4.78, 5) is 16.9. The smallest absolute Gasteiger partial charge is 0.399 e. The molecule has 0 aromatic carbocycles. The molecule has 7 rings (SSSR count). The Bertz CT molecular complexity index is 2210. The second-order valence-electron chi connectivity index (χ2n) is 14.9. The normalized spacial score (nSPS) is 15.3. The molecule has 14 heteroatoms. The molecule has 0 saturated carbocycles. The van der Waals surface area contributed by atoms with Crippen molar-refractivity contribution in [3.63, 3.8) is 0 Å². The molecule has 7 heterocycles. The van der Waals surface area contributed by atoms with Crippen LogP contribution >= 0.6 is 11.6 Å². The summed E-state index contributed by atoms with van der Waals surface area (Å²) in [6.45, 7) is 18.6. The van der Waals surface area contributed by atoms with Gasteiger partial charge in [-0.2, -0.15) is 0 Å². The van der Waals surface area contributed by atoms with Crippen LogP contribution in [0.25, 0.3) is 22.6 Å². The lowest BCUT2D eigenvalue weighted by molar-refractivity contribution is 0.00578. The molecular formula is C38H44BClF2N6O4. The Morgan fingerprint density at radius 3 is 1.73 bits per heavy atom. The monoisotopic (exact) mass is 732 g/mol. The minimum atomic E-state index is -0.970. The van der Waals surface area contributed by atoms with Crippen molar-refractivity contribution in [3.05, 3.63) is 113 Å². The number of hydrogen-bond donors (Lipinski definition) is 2. The van der Waals surface area contributed by atoms with E-state index in [2.05, 4.69) is 19.9 Å². The number of aromatic nitrogens is 6. The van der Waals surface area contributed by atoms with Gasteiger partial charge in [0.25, 0.3) is 0 Å². The van der Waals surface area contributed by atoms with Crippen LogP contribution in [0.3, 0.4) is 0 Å². The summed E-state index contributed by atoms with van der Waals surface area (Å²) in [6, 6.07) is 9.72. The molecule has 274 valence electrons. The van der Waals surface area contributed by atoms with Crippen LogP contribution in [-0.2, 0) is 20.5 Å². The highest BCUT2D eigenvalue weighted by molar-refractivity contribution is 6.62. The highest BCUT2D eigenvalue weighted by atomic mass is 35.5. The van der Waals surface area contributed by atoms with Crippen LogP contribution in [0.15, 0.2) is 73.6 Å². The van der Waals surface area contributed by atoms with E-state index in [0.29, 0.717) is 22.0 Å². The van der Waals surface area contributed by atoms with Crippen molar-refractivity contribution in [1.82, 2.24) is 28.7 Å². The average molecular weight is 733 g/mol. The third kappa shape index (κ3) is 8.34. The van der Waals surface area contributed by atoms with Gasteiger partial charge < -0.3 is 23.9 Å². The summed E-state index contributed by atoms with van der Waals surface area (Å²) in [5.41, 5.74) is 4.12. The lowest BCUT2D eigenvalue weighted by Crippen LogP contribution is -2.41. The van der Waals surface area contributed by atoms with Crippen LogP contribution in [0.2, 0.25) is 5.15 Å². The molecule has 6 aromatic rings. The third-order valence-corrected chi connectivity index (χ3v) is 9.65. The van der Waals surface area contributed by atoms with Crippen LogP contribution in [0.1, 0.15) is 77.9 Å². The van der Waals surface area contributed by atoms with Crippen molar-refractivity contribution in [3.8, 4) is 11.3 Å². The van der Waals surface area contributed by atoms with Crippen LogP contribution in [0.4, 0.5) is 8.78 Å². The maximum atomic E-state index is 13.4. The molecule has 1 aliphatic heterocycles. The van der Waals surface area contributed by atoms with Crippen molar-refractivity contribution in [1.29, 1.82) is 0 Å². The maximum absolute atomic E-state index is 13.4. The van der Waals surface area contributed by atoms with Gasteiger partial charge in [0, 0.05) is 65.0 Å². The fourth-order valence-corrected chi connectivity index (χ4v) is 5.50. The Balaban J connectivity index is 0.000000156. The van der Waals surface area contributed by atoms with Crippen LogP contribution in [0, 0.1) is 25.5 Å². The summed E-state index contributed by atoms with van der Waals surface area (Å²) in [5, 5.41) is 20.5. The Morgan fingerprint density at radius 1 is 0.712 bits per heavy atom. The molecule has 0 radical (unpaired) electrons. The number of halogens is 3. The summed E-state index contributed by atoms with van der Waals surface area (Å²) in [6.07, 6.45) is 9.48. The number of aliphatic hydroxyl groups is 2. The van der Waals surface area contributed by atoms with Gasteiger partial charge in [-0.05, 0) is 99.6 Å². The molecule has 10 nitrogen and oxygen atoms in total. The molecule has 0 amide bonds. The number of pyridine rings is 4. The second-order valence-corrected chi connectivity index (χ2v) is 15.2. The Labute approximate surface area is 307 Å². The van der Waals surface area contributed by atoms with Crippen molar-refractivity contribution in [2.24, 2.45) is 0 Å². The molecule has 0 bridgehead atoms. The van der Waals surface area contributed by atoms with Crippen LogP contribution < -0.4 is 5.46 Å². The summed E-state index contributed by atoms with van der Waals surface area (Å²) in [7, 11) is -0.445. The van der Waals surface area contributed by atoms with E-state index in [1.807, 2.05) is 46.8 Å². The van der Waals surface area contributed by atoms with E-state index < -0.39 is 18.3 Å². The first-order chi connectivity index (χ1) is 24.1. The molecule has 0 unspecified atom stereocenters. The van der Waals surface area contributed by atoms with Crippen LogP contribution in [0.5, 0.6) is 0 Å². The molecule has 1 fully saturated rings. The molecule has 1 saturated heterocycles. The minimum absolute atomic E-state index is 0.292. The lowest BCUT2D eigenvalue weighted by atomic mass is 9.78. The highest BCUT2D eigenvalue weighted by Crippen LogP contribution is 2.36. The van der Waals surface area contributed by atoms with Gasteiger partial charge in [-0.15, -0.1) is 0 Å². The van der Waals surface area contributed by atoms with E-state index in [1.165, 1.54) is 24.5 Å². The average Bonchev–Trinajstić information content (AvgIpc) is 3.62. The Morgan fingerprint density at radius 2 is 1.19 bits per heavy atom. The largest absolute Gasteiger partial charge is 0.496 e. The molecule has 0 spiro atoms. The number of nitrogens with zero attached hydrogens (tertiary/aromatic N) is 6. The number of aryl methyl sites for hydroxylation is 2. The molecule has 0 aliphatic carbocycles. The van der Waals surface area contributed by atoms with E-state index in [0.717, 1.165) is 33.7 Å². The topological polar surface area (TPSA) is 119 Å². The lowest BCUT2D eigenvalue weighted by Gasteiger charge is -2.32. The molecule has 2 N–H and O–H groups in total. The first-order valence-corrected chi connectivity index (χ1v) is 17.1. The number of fused-ring (bicyclic) bond motifs is 2. The maximum Gasteiger partial charge on any atom is 0.496 e. The fraction of sp³-hybridized carbons (Fsp3) is 0.368. The zero-order valence-corrected chi connectivity index (χ0v) is 31.8. The zero-order chi connectivity index (χ0) is 38.4. The molecular weight excluding hydrogens is 689 g/mol. The molecule has 6 aromatic heterocycles. The van der Waals surface area contributed by atoms with Gasteiger partial charge in [0.15, 0.2) is 5.15 Å². The first kappa shape index (κ1) is 39.0. The fourth-order valence-electron chi connectivity index (χ4n) is 5.32. The zero-order valence-electron chi connectivity index (χ0n) is 31.0. The quantitative estimate of drug-likeness (QED) is 0.184. The van der Waals surface area contributed by atoms with Gasteiger partial charge in [0.2, 0.25) is 0 Å². The predicted octanol–water partition coefficient (Wildman–Crippen LogP) is 7.11.